The van der Waals surface area contributed by atoms with E-state index < -0.39 is 6.29 Å². The molecule has 48 heavy (non-hydrogen) atoms. The van der Waals surface area contributed by atoms with Gasteiger partial charge < -0.3 is 29.8 Å². The van der Waals surface area contributed by atoms with Crippen LogP contribution in [0.4, 0.5) is 0 Å². The smallest absolute Gasteiger partial charge is 0.220 e. The first-order valence-electron chi connectivity index (χ1n) is 16.5. The summed E-state index contributed by atoms with van der Waals surface area (Å²) >= 11 is 1.62. The molecule has 2 amide bonds. The second-order valence-electron chi connectivity index (χ2n) is 12.3. The van der Waals surface area contributed by atoms with Crippen LogP contribution in [0.5, 0.6) is 0 Å². The van der Waals surface area contributed by atoms with Crippen LogP contribution in [0, 0.1) is 5.92 Å². The van der Waals surface area contributed by atoms with Gasteiger partial charge >= 0.3 is 0 Å². The van der Waals surface area contributed by atoms with Crippen LogP contribution in [0.3, 0.4) is 0 Å². The highest BCUT2D eigenvalue weighted by Crippen LogP contribution is 2.43. The second-order valence-corrected chi connectivity index (χ2v) is 13.2. The number of aliphatic hydroxyl groups is 1. The van der Waals surface area contributed by atoms with Crippen molar-refractivity contribution in [3.8, 4) is 11.1 Å². The SMILES string of the molecule is CC(=O)NCCCCCC(=O)NCc1cccc(-c2ccc([C@@H]3O[C@H](CSc4nncn4C)[C@H](C)[C@H](c4ccc(CO)cc4)O3)cc2)c1. The number of aryl methyl sites for hydroxylation is 1. The van der Waals surface area contributed by atoms with Crippen molar-refractivity contribution in [1.82, 2.24) is 25.4 Å². The van der Waals surface area contributed by atoms with E-state index in [0.29, 0.717) is 25.3 Å². The molecule has 1 saturated heterocycles. The molecule has 1 fully saturated rings. The molecule has 0 unspecified atom stereocenters. The minimum Gasteiger partial charge on any atom is -0.392 e. The summed E-state index contributed by atoms with van der Waals surface area (Å²) in [7, 11) is 1.93. The van der Waals surface area contributed by atoms with Gasteiger partial charge in [0.25, 0.3) is 0 Å². The van der Waals surface area contributed by atoms with Gasteiger partial charge in [-0.1, -0.05) is 91.8 Å². The minimum absolute atomic E-state index is 0.00299. The van der Waals surface area contributed by atoms with Crippen LogP contribution in [0.25, 0.3) is 11.1 Å². The molecule has 4 aromatic rings. The molecule has 1 aliphatic rings. The van der Waals surface area contributed by atoms with Gasteiger partial charge in [0, 0.05) is 50.7 Å². The predicted octanol–water partition coefficient (Wildman–Crippen LogP) is 5.87. The van der Waals surface area contributed by atoms with E-state index in [-0.39, 0.29) is 36.5 Å². The van der Waals surface area contributed by atoms with Crippen molar-refractivity contribution in [3.63, 3.8) is 0 Å². The van der Waals surface area contributed by atoms with E-state index in [0.717, 1.165) is 57.8 Å². The number of aliphatic hydroxyl groups excluding tert-OH is 1. The molecule has 11 heteroatoms. The maximum Gasteiger partial charge on any atom is 0.220 e. The van der Waals surface area contributed by atoms with Crippen LogP contribution >= 0.6 is 11.8 Å². The molecule has 0 aliphatic carbocycles. The molecule has 3 aromatic carbocycles. The predicted molar refractivity (Wildman–Crippen MR) is 186 cm³/mol. The molecule has 1 aliphatic heterocycles. The van der Waals surface area contributed by atoms with E-state index >= 15 is 0 Å². The number of nitrogens with zero attached hydrogens (tertiary/aromatic N) is 3. The van der Waals surface area contributed by atoms with Crippen molar-refractivity contribution < 1.29 is 24.2 Å². The maximum atomic E-state index is 12.4. The van der Waals surface area contributed by atoms with Crippen LogP contribution in [0.1, 0.15) is 74.2 Å². The number of nitrogens with one attached hydrogen (secondary N) is 2. The summed E-state index contributed by atoms with van der Waals surface area (Å²) < 4.78 is 15.1. The van der Waals surface area contributed by atoms with Gasteiger partial charge in [0.2, 0.25) is 11.8 Å². The van der Waals surface area contributed by atoms with Crippen molar-refractivity contribution in [2.45, 2.75) is 76.3 Å². The number of hydrogen-bond donors (Lipinski definition) is 3. The van der Waals surface area contributed by atoms with Gasteiger partial charge in [-0.2, -0.15) is 0 Å². The molecule has 4 atom stereocenters. The van der Waals surface area contributed by atoms with Crippen LogP contribution in [0.15, 0.2) is 84.3 Å². The van der Waals surface area contributed by atoms with Gasteiger partial charge in [-0.25, -0.2) is 0 Å². The van der Waals surface area contributed by atoms with E-state index in [9.17, 15) is 14.7 Å². The zero-order valence-electron chi connectivity index (χ0n) is 27.8. The summed E-state index contributed by atoms with van der Waals surface area (Å²) in [5.41, 5.74) is 5.98. The van der Waals surface area contributed by atoms with Gasteiger partial charge in [0.1, 0.15) is 6.33 Å². The molecule has 0 saturated carbocycles. The first-order chi connectivity index (χ1) is 23.3. The topological polar surface area (TPSA) is 128 Å². The largest absolute Gasteiger partial charge is 0.392 e. The first kappa shape index (κ1) is 35.3. The highest BCUT2D eigenvalue weighted by Gasteiger charge is 2.38. The van der Waals surface area contributed by atoms with Crippen molar-refractivity contribution in [2.24, 2.45) is 13.0 Å². The second kappa shape index (κ2) is 17.4. The fraction of sp³-hybridized carbons (Fsp3) is 0.405. The highest BCUT2D eigenvalue weighted by atomic mass is 32.2. The van der Waals surface area contributed by atoms with Crippen LogP contribution in [-0.2, 0) is 39.3 Å². The number of unbranched alkanes of at least 4 members (excludes halogenated alkanes) is 2. The molecular weight excluding hydrogens is 627 g/mol. The number of rotatable bonds is 15. The Bertz CT molecular complexity index is 1630. The zero-order valence-corrected chi connectivity index (χ0v) is 28.6. The number of thioether (sulfide) groups is 1. The third-order valence-corrected chi connectivity index (χ3v) is 9.68. The maximum absolute atomic E-state index is 12.4. The molecule has 2 heterocycles. The number of ether oxygens (including phenoxy) is 2. The van der Waals surface area contributed by atoms with E-state index in [2.05, 4.69) is 64.2 Å². The molecule has 0 radical (unpaired) electrons. The molecular formula is C37H45N5O5S. The quantitative estimate of drug-likeness (QED) is 0.106. The Hall–Kier alpha value is -4.03. The van der Waals surface area contributed by atoms with E-state index in [1.807, 2.05) is 48.0 Å². The van der Waals surface area contributed by atoms with Gasteiger partial charge in [-0.05, 0) is 46.7 Å². The summed E-state index contributed by atoms with van der Waals surface area (Å²) in [5.74, 6) is 0.767. The van der Waals surface area contributed by atoms with Crippen molar-refractivity contribution >= 4 is 23.6 Å². The zero-order chi connectivity index (χ0) is 33.9. The Balaban J connectivity index is 1.22. The first-order valence-corrected chi connectivity index (χ1v) is 17.5. The Morgan fingerprint density at radius 2 is 1.69 bits per heavy atom. The van der Waals surface area contributed by atoms with Crippen molar-refractivity contribution in [2.75, 3.05) is 12.3 Å². The van der Waals surface area contributed by atoms with Gasteiger partial charge in [-0.3, -0.25) is 9.59 Å². The summed E-state index contributed by atoms with van der Waals surface area (Å²) in [4.78, 5) is 23.3. The molecule has 1 aromatic heterocycles. The fourth-order valence-electron chi connectivity index (χ4n) is 5.70. The monoisotopic (exact) mass is 671 g/mol. The standard InChI is InChI=1S/C37H45N5O5S/c1-25-33(23-48-37-41-40-24-42(37)3)46-36(47-35(25)30-13-11-27(22-43)12-14-30)31-17-15-29(16-18-31)32-9-7-8-28(20-32)21-39-34(45)10-5-4-6-19-38-26(2)44/h7-9,11-18,20,24-25,33,35-36,43H,4-6,10,19,21-23H2,1-3H3,(H,38,44)(H,39,45)/t25-,33+,35+,36+/m0/s1. The third-order valence-electron chi connectivity index (χ3n) is 8.56. The van der Waals surface area contributed by atoms with E-state index in [1.165, 1.54) is 6.92 Å². The van der Waals surface area contributed by atoms with Crippen LogP contribution < -0.4 is 10.6 Å². The molecule has 10 nitrogen and oxygen atoms in total. The van der Waals surface area contributed by atoms with Crippen molar-refractivity contribution in [1.29, 1.82) is 0 Å². The van der Waals surface area contributed by atoms with E-state index in [1.54, 1.807) is 18.1 Å². The van der Waals surface area contributed by atoms with E-state index in [4.69, 9.17) is 9.47 Å². The Kier molecular flexibility index (Phi) is 12.8. The lowest BCUT2D eigenvalue weighted by atomic mass is 9.91. The minimum atomic E-state index is -0.560. The lowest BCUT2D eigenvalue weighted by Gasteiger charge is -2.41. The Morgan fingerprint density at radius 1 is 0.917 bits per heavy atom. The Labute approximate surface area is 286 Å². The number of hydrogen-bond acceptors (Lipinski definition) is 8. The molecule has 254 valence electrons. The lowest BCUT2D eigenvalue weighted by Crippen LogP contribution is -2.38. The third kappa shape index (κ3) is 9.76. The number of carbonyl (C=O) groups excluding carboxylic acids is 2. The van der Waals surface area contributed by atoms with Crippen molar-refractivity contribution in [3.05, 3.63) is 101 Å². The number of amides is 2. The summed E-state index contributed by atoms with van der Waals surface area (Å²) in [5, 5.41) is 24.4. The van der Waals surface area contributed by atoms with Gasteiger partial charge in [-0.15, -0.1) is 10.2 Å². The molecule has 0 spiro atoms. The highest BCUT2D eigenvalue weighted by molar-refractivity contribution is 7.99. The summed E-state index contributed by atoms with van der Waals surface area (Å²) in [6.07, 6.45) is 3.86. The Morgan fingerprint density at radius 3 is 2.40 bits per heavy atom. The molecule has 5 rings (SSSR count). The number of carbonyl (C=O) groups is 2. The van der Waals surface area contributed by atoms with Crippen LogP contribution in [0.2, 0.25) is 0 Å². The summed E-state index contributed by atoms with van der Waals surface area (Å²) in [6.45, 7) is 4.77. The van der Waals surface area contributed by atoms with Crippen LogP contribution in [-0.4, -0.2) is 50.1 Å². The fourth-order valence-corrected chi connectivity index (χ4v) is 6.76. The molecule has 0 bridgehead atoms. The summed E-state index contributed by atoms with van der Waals surface area (Å²) in [6, 6.07) is 24.4. The average molecular weight is 672 g/mol. The normalized spacial score (nSPS) is 19.2. The molecule has 3 N–H and O–H groups in total. The number of aromatic nitrogens is 3. The lowest BCUT2D eigenvalue weighted by molar-refractivity contribution is -0.268. The van der Waals surface area contributed by atoms with Gasteiger partial charge in [0.15, 0.2) is 11.4 Å². The number of benzene rings is 3. The average Bonchev–Trinajstić information content (AvgIpc) is 3.52. The van der Waals surface area contributed by atoms with Gasteiger partial charge in [0.05, 0.1) is 18.8 Å².